The van der Waals surface area contributed by atoms with E-state index in [1.807, 2.05) is 0 Å². The van der Waals surface area contributed by atoms with Crippen molar-refractivity contribution < 1.29 is 28.5 Å². The second-order valence-electron chi connectivity index (χ2n) is 4.43. The van der Waals surface area contributed by atoms with E-state index in [0.717, 1.165) is 12.1 Å². The van der Waals surface area contributed by atoms with Crippen LogP contribution >= 0.6 is 15.9 Å². The second-order valence-corrected chi connectivity index (χ2v) is 7.02. The standard InChI is InChI=1S/C11H14BrNO6S/c1-11(17,6-14)5-13-20(18,19)9-3-2-7(10(15)16)4-8(9)12/h2-4,13-14,17H,5-6H2,1H3,(H,15,16). The molecule has 0 aromatic heterocycles. The topological polar surface area (TPSA) is 124 Å². The summed E-state index contributed by atoms with van der Waals surface area (Å²) in [6.45, 7) is 0.297. The van der Waals surface area contributed by atoms with Crippen molar-refractivity contribution in [2.75, 3.05) is 13.2 Å². The number of carbonyl (C=O) groups is 1. The van der Waals surface area contributed by atoms with Crippen LogP contribution in [0, 0.1) is 0 Å². The van der Waals surface area contributed by atoms with Gasteiger partial charge in [-0.2, -0.15) is 0 Å². The molecule has 112 valence electrons. The van der Waals surface area contributed by atoms with Gasteiger partial charge in [-0.3, -0.25) is 0 Å². The summed E-state index contributed by atoms with van der Waals surface area (Å²) in [7, 11) is -3.94. The minimum Gasteiger partial charge on any atom is -0.478 e. The highest BCUT2D eigenvalue weighted by molar-refractivity contribution is 9.10. The largest absolute Gasteiger partial charge is 0.478 e. The first-order valence-electron chi connectivity index (χ1n) is 5.45. The fourth-order valence-corrected chi connectivity index (χ4v) is 3.47. The molecule has 0 bridgehead atoms. The van der Waals surface area contributed by atoms with Crippen molar-refractivity contribution in [1.29, 1.82) is 0 Å². The highest BCUT2D eigenvalue weighted by atomic mass is 79.9. The maximum atomic E-state index is 12.0. The lowest BCUT2D eigenvalue weighted by Gasteiger charge is -2.20. The number of nitrogens with one attached hydrogen (secondary N) is 1. The van der Waals surface area contributed by atoms with Crippen molar-refractivity contribution in [2.24, 2.45) is 0 Å². The number of aliphatic hydroxyl groups is 2. The number of carboxylic acid groups (broad SMARTS) is 1. The van der Waals surface area contributed by atoms with E-state index in [4.69, 9.17) is 10.2 Å². The number of rotatable bonds is 6. The van der Waals surface area contributed by atoms with Crippen LogP contribution in [0.25, 0.3) is 0 Å². The number of aliphatic hydroxyl groups excluding tert-OH is 1. The SMILES string of the molecule is CC(O)(CO)CNS(=O)(=O)c1ccc(C(=O)O)cc1Br. The Balaban J connectivity index is 3.02. The van der Waals surface area contributed by atoms with Gasteiger partial charge in [0.15, 0.2) is 0 Å². The molecule has 1 rings (SSSR count). The molecule has 0 amide bonds. The minimum absolute atomic E-state index is 0.0572. The first kappa shape index (κ1) is 17.1. The van der Waals surface area contributed by atoms with Gasteiger partial charge >= 0.3 is 5.97 Å². The van der Waals surface area contributed by atoms with E-state index in [0.29, 0.717) is 0 Å². The third kappa shape index (κ3) is 4.25. The average Bonchev–Trinajstić information content (AvgIpc) is 2.36. The number of carboxylic acids is 1. The summed E-state index contributed by atoms with van der Waals surface area (Å²) in [6, 6.07) is 3.47. The normalized spacial score (nSPS) is 14.8. The van der Waals surface area contributed by atoms with Crippen LogP contribution in [0.4, 0.5) is 0 Å². The summed E-state index contributed by atoms with van der Waals surface area (Å²) in [5, 5.41) is 27.2. The molecule has 0 aliphatic carbocycles. The van der Waals surface area contributed by atoms with Crippen molar-refractivity contribution in [2.45, 2.75) is 17.4 Å². The zero-order valence-electron chi connectivity index (χ0n) is 10.5. The number of benzene rings is 1. The molecule has 1 aromatic rings. The van der Waals surface area contributed by atoms with Crippen molar-refractivity contribution in [3.63, 3.8) is 0 Å². The summed E-state index contributed by atoms with van der Waals surface area (Å²) < 4.78 is 26.3. The summed E-state index contributed by atoms with van der Waals surface area (Å²) in [6.07, 6.45) is 0. The zero-order valence-corrected chi connectivity index (χ0v) is 12.9. The molecule has 0 saturated heterocycles. The maximum absolute atomic E-state index is 12.0. The number of aromatic carboxylic acids is 1. The van der Waals surface area contributed by atoms with Crippen LogP contribution < -0.4 is 4.72 Å². The molecular formula is C11H14BrNO6S. The van der Waals surface area contributed by atoms with E-state index in [2.05, 4.69) is 20.7 Å². The van der Waals surface area contributed by atoms with Crippen LogP contribution in [0.1, 0.15) is 17.3 Å². The maximum Gasteiger partial charge on any atom is 0.335 e. The van der Waals surface area contributed by atoms with E-state index in [1.165, 1.54) is 13.0 Å². The van der Waals surface area contributed by atoms with Crippen LogP contribution in [-0.4, -0.2) is 48.5 Å². The van der Waals surface area contributed by atoms with Gasteiger partial charge in [-0.05, 0) is 41.1 Å². The number of hydrogen-bond donors (Lipinski definition) is 4. The third-order valence-electron chi connectivity index (χ3n) is 2.45. The van der Waals surface area contributed by atoms with Crippen LogP contribution in [0.2, 0.25) is 0 Å². The highest BCUT2D eigenvalue weighted by Gasteiger charge is 2.25. The summed E-state index contributed by atoms with van der Waals surface area (Å²) in [5.74, 6) is -1.18. The van der Waals surface area contributed by atoms with Gasteiger partial charge in [0.25, 0.3) is 0 Å². The predicted molar refractivity (Wildman–Crippen MR) is 74.0 cm³/mol. The Bertz CT molecular complexity index is 613. The number of halogens is 1. The molecule has 0 aliphatic heterocycles. The first-order valence-corrected chi connectivity index (χ1v) is 7.72. The van der Waals surface area contributed by atoms with E-state index in [1.54, 1.807) is 0 Å². The van der Waals surface area contributed by atoms with Gasteiger partial charge < -0.3 is 15.3 Å². The lowest BCUT2D eigenvalue weighted by Crippen LogP contribution is -2.43. The van der Waals surface area contributed by atoms with Gasteiger partial charge in [0.05, 0.1) is 22.7 Å². The van der Waals surface area contributed by atoms with E-state index >= 15 is 0 Å². The summed E-state index contributed by atoms with van der Waals surface area (Å²) in [5.41, 5.74) is -1.64. The van der Waals surface area contributed by atoms with Crippen LogP contribution in [0.15, 0.2) is 27.6 Å². The van der Waals surface area contributed by atoms with Crippen LogP contribution in [-0.2, 0) is 10.0 Å². The molecule has 1 atom stereocenters. The Morgan fingerprint density at radius 3 is 2.50 bits per heavy atom. The Labute approximate surface area is 124 Å². The lowest BCUT2D eigenvalue weighted by atomic mass is 10.1. The molecule has 7 nitrogen and oxygen atoms in total. The van der Waals surface area contributed by atoms with Gasteiger partial charge in [-0.25, -0.2) is 17.9 Å². The van der Waals surface area contributed by atoms with Gasteiger partial charge in [0.1, 0.15) is 0 Å². The van der Waals surface area contributed by atoms with Gasteiger partial charge in [-0.1, -0.05) is 0 Å². The first-order chi connectivity index (χ1) is 9.09. The molecule has 0 saturated carbocycles. The molecule has 4 N–H and O–H groups in total. The smallest absolute Gasteiger partial charge is 0.335 e. The Hall–Kier alpha value is -1.00. The monoisotopic (exact) mass is 367 g/mol. The Kier molecular flexibility index (Phi) is 5.27. The molecule has 0 aliphatic rings. The van der Waals surface area contributed by atoms with E-state index < -0.39 is 28.2 Å². The third-order valence-corrected chi connectivity index (χ3v) is 4.83. The lowest BCUT2D eigenvalue weighted by molar-refractivity contribution is 0.00681. The van der Waals surface area contributed by atoms with Crippen molar-refractivity contribution in [3.05, 3.63) is 28.2 Å². The van der Waals surface area contributed by atoms with E-state index in [-0.39, 0.29) is 21.5 Å². The molecule has 0 fully saturated rings. The highest BCUT2D eigenvalue weighted by Crippen LogP contribution is 2.23. The number of sulfonamides is 1. The Morgan fingerprint density at radius 1 is 1.45 bits per heavy atom. The molecule has 20 heavy (non-hydrogen) atoms. The molecule has 0 heterocycles. The van der Waals surface area contributed by atoms with Crippen LogP contribution in [0.5, 0.6) is 0 Å². The Morgan fingerprint density at radius 2 is 2.05 bits per heavy atom. The fourth-order valence-electron chi connectivity index (χ4n) is 1.24. The minimum atomic E-state index is -3.94. The van der Waals surface area contributed by atoms with Gasteiger partial charge in [-0.15, -0.1) is 0 Å². The van der Waals surface area contributed by atoms with E-state index in [9.17, 15) is 18.3 Å². The zero-order chi connectivity index (χ0) is 15.6. The summed E-state index contributed by atoms with van der Waals surface area (Å²) >= 11 is 2.99. The van der Waals surface area contributed by atoms with Crippen molar-refractivity contribution in [1.82, 2.24) is 4.72 Å². The molecular weight excluding hydrogens is 354 g/mol. The predicted octanol–water partition coefficient (Wildman–Crippen LogP) is 0.169. The fraction of sp³-hybridized carbons (Fsp3) is 0.364. The van der Waals surface area contributed by atoms with Crippen molar-refractivity contribution in [3.8, 4) is 0 Å². The van der Waals surface area contributed by atoms with Gasteiger partial charge in [0.2, 0.25) is 10.0 Å². The molecule has 9 heteroatoms. The quantitative estimate of drug-likeness (QED) is 0.568. The molecule has 0 radical (unpaired) electrons. The van der Waals surface area contributed by atoms with Gasteiger partial charge in [0, 0.05) is 11.0 Å². The van der Waals surface area contributed by atoms with Crippen molar-refractivity contribution >= 4 is 31.9 Å². The molecule has 1 unspecified atom stereocenters. The number of hydrogen-bond acceptors (Lipinski definition) is 5. The molecule has 1 aromatic carbocycles. The summed E-state index contributed by atoms with van der Waals surface area (Å²) in [4.78, 5) is 10.6. The van der Waals surface area contributed by atoms with Crippen LogP contribution in [0.3, 0.4) is 0 Å². The molecule has 0 spiro atoms. The average molecular weight is 368 g/mol. The second kappa shape index (κ2) is 6.19.